The van der Waals surface area contributed by atoms with Gasteiger partial charge in [0.15, 0.2) is 11.8 Å². The fourth-order valence-electron chi connectivity index (χ4n) is 4.50. The van der Waals surface area contributed by atoms with Crippen LogP contribution in [0.2, 0.25) is 0 Å². The first-order chi connectivity index (χ1) is 18.2. The molecule has 0 aliphatic carbocycles. The summed E-state index contributed by atoms with van der Waals surface area (Å²) in [6, 6.07) is 14.5. The fourth-order valence-corrected chi connectivity index (χ4v) is 4.50. The number of benzene rings is 2. The lowest BCUT2D eigenvalue weighted by Crippen LogP contribution is -2.42. The third-order valence-electron chi connectivity index (χ3n) is 6.19. The third-order valence-corrected chi connectivity index (χ3v) is 6.19. The monoisotopic (exact) mass is 526 g/mol. The second-order valence-electron chi connectivity index (χ2n) is 8.84. The molecule has 2 aromatic rings. The number of carbonyl (C=O) groups is 4. The molecule has 0 saturated heterocycles. The lowest BCUT2D eigenvalue weighted by atomic mass is 9.68. The topological polar surface area (TPSA) is 105 Å². The Kier molecular flexibility index (Phi) is 12.0. The summed E-state index contributed by atoms with van der Waals surface area (Å²) in [5.41, 5.74) is 3.03. The second-order valence-corrected chi connectivity index (χ2v) is 8.84. The van der Waals surface area contributed by atoms with Gasteiger partial charge in [0.05, 0.1) is 26.4 Å². The summed E-state index contributed by atoms with van der Waals surface area (Å²) < 4.78 is 21.3. The zero-order chi connectivity index (χ0) is 28.2. The molecule has 0 radical (unpaired) electrons. The lowest BCUT2D eigenvalue weighted by molar-refractivity contribution is -0.169. The highest BCUT2D eigenvalue weighted by molar-refractivity contribution is 5.99. The predicted molar refractivity (Wildman–Crippen MR) is 141 cm³/mol. The van der Waals surface area contributed by atoms with Gasteiger partial charge in [0.1, 0.15) is 0 Å². The minimum absolute atomic E-state index is 0.0315. The zero-order valence-corrected chi connectivity index (χ0v) is 23.0. The van der Waals surface area contributed by atoms with Crippen LogP contribution in [0, 0.1) is 25.7 Å². The van der Waals surface area contributed by atoms with Crippen LogP contribution in [0.5, 0.6) is 0 Å². The van der Waals surface area contributed by atoms with Crippen LogP contribution in [0.15, 0.2) is 48.5 Å². The van der Waals surface area contributed by atoms with Crippen molar-refractivity contribution in [1.29, 1.82) is 0 Å². The van der Waals surface area contributed by atoms with Gasteiger partial charge in [-0.2, -0.15) is 0 Å². The molecule has 0 N–H and O–H groups in total. The van der Waals surface area contributed by atoms with E-state index in [-0.39, 0.29) is 26.4 Å². The number of carbonyl (C=O) groups excluding carboxylic acids is 4. The van der Waals surface area contributed by atoms with Gasteiger partial charge in [0.2, 0.25) is 0 Å². The minimum Gasteiger partial charge on any atom is -0.465 e. The molecular weight excluding hydrogens is 488 g/mol. The van der Waals surface area contributed by atoms with Crippen LogP contribution in [0.1, 0.15) is 61.8 Å². The SMILES string of the molecule is CCOC(=O)C(C(=O)OCC)[C@@H](c1ccc(C)cc1)[C@@H](c1ccc(C)cc1)C(C(=O)OCC)C(=O)OCC. The van der Waals surface area contributed by atoms with E-state index in [4.69, 9.17) is 18.9 Å². The Morgan fingerprint density at radius 3 is 0.947 bits per heavy atom. The Balaban J connectivity index is 2.95. The molecule has 0 aromatic heterocycles. The molecule has 0 saturated carbocycles. The van der Waals surface area contributed by atoms with E-state index < -0.39 is 47.5 Å². The summed E-state index contributed by atoms with van der Waals surface area (Å²) in [4.78, 5) is 53.6. The van der Waals surface area contributed by atoms with Gasteiger partial charge >= 0.3 is 23.9 Å². The smallest absolute Gasteiger partial charge is 0.320 e. The molecule has 0 unspecified atom stereocenters. The van der Waals surface area contributed by atoms with Crippen molar-refractivity contribution in [3.63, 3.8) is 0 Å². The van der Waals surface area contributed by atoms with Crippen LogP contribution >= 0.6 is 0 Å². The number of esters is 4. The highest BCUT2D eigenvalue weighted by Crippen LogP contribution is 2.45. The van der Waals surface area contributed by atoms with Crippen molar-refractivity contribution in [2.45, 2.75) is 53.4 Å². The van der Waals surface area contributed by atoms with Crippen LogP contribution in [0.3, 0.4) is 0 Å². The normalized spacial score (nSPS) is 12.5. The van der Waals surface area contributed by atoms with Gasteiger partial charge in [0, 0.05) is 11.8 Å². The average Bonchev–Trinajstić information content (AvgIpc) is 2.87. The zero-order valence-electron chi connectivity index (χ0n) is 23.0. The molecule has 2 aromatic carbocycles. The summed E-state index contributed by atoms with van der Waals surface area (Å²) in [6.45, 7) is 10.5. The van der Waals surface area contributed by atoms with Crippen molar-refractivity contribution in [1.82, 2.24) is 0 Å². The minimum atomic E-state index is -1.46. The molecule has 0 heterocycles. The number of ether oxygens (including phenoxy) is 4. The van der Waals surface area contributed by atoms with Crippen molar-refractivity contribution in [3.05, 3.63) is 70.8 Å². The number of hydrogen-bond acceptors (Lipinski definition) is 8. The van der Waals surface area contributed by atoms with Gasteiger partial charge in [-0.25, -0.2) is 0 Å². The first-order valence-corrected chi connectivity index (χ1v) is 13.0. The molecule has 0 bridgehead atoms. The van der Waals surface area contributed by atoms with Gasteiger partial charge in [-0.05, 0) is 52.7 Å². The largest absolute Gasteiger partial charge is 0.465 e. The van der Waals surface area contributed by atoms with Crippen molar-refractivity contribution < 1.29 is 38.1 Å². The molecule has 38 heavy (non-hydrogen) atoms. The molecule has 0 fully saturated rings. The lowest BCUT2D eigenvalue weighted by Gasteiger charge is -2.35. The van der Waals surface area contributed by atoms with Crippen LogP contribution in [-0.2, 0) is 38.1 Å². The van der Waals surface area contributed by atoms with Crippen molar-refractivity contribution >= 4 is 23.9 Å². The molecule has 8 heteroatoms. The third kappa shape index (κ3) is 7.66. The summed E-state index contributed by atoms with van der Waals surface area (Å²) >= 11 is 0. The number of rotatable bonds is 13. The molecule has 206 valence electrons. The summed E-state index contributed by atoms with van der Waals surface area (Å²) in [6.07, 6.45) is 0. The molecular formula is C30H38O8. The van der Waals surface area contributed by atoms with Gasteiger partial charge in [0.25, 0.3) is 0 Å². The van der Waals surface area contributed by atoms with Gasteiger partial charge in [-0.1, -0.05) is 59.7 Å². The molecule has 8 nitrogen and oxygen atoms in total. The number of hydrogen-bond donors (Lipinski definition) is 0. The maximum Gasteiger partial charge on any atom is 0.320 e. The van der Waals surface area contributed by atoms with Gasteiger partial charge in [-0.15, -0.1) is 0 Å². The van der Waals surface area contributed by atoms with E-state index in [1.165, 1.54) is 0 Å². The first kappa shape index (κ1) is 30.5. The summed E-state index contributed by atoms with van der Waals surface area (Å²) in [7, 11) is 0. The van der Waals surface area contributed by atoms with Crippen LogP contribution in [-0.4, -0.2) is 50.3 Å². The van der Waals surface area contributed by atoms with Crippen molar-refractivity contribution in [3.8, 4) is 0 Å². The molecule has 0 aliphatic rings. The summed E-state index contributed by atoms with van der Waals surface area (Å²) in [5, 5.41) is 0. The highest BCUT2D eigenvalue weighted by atomic mass is 16.6. The van der Waals surface area contributed by atoms with Crippen molar-refractivity contribution in [2.75, 3.05) is 26.4 Å². The Morgan fingerprint density at radius 2 is 0.737 bits per heavy atom. The Hall–Kier alpha value is -3.68. The average molecular weight is 527 g/mol. The van der Waals surface area contributed by atoms with E-state index in [2.05, 4.69) is 0 Å². The molecule has 0 spiro atoms. The van der Waals surface area contributed by atoms with Crippen LogP contribution in [0.25, 0.3) is 0 Å². The van der Waals surface area contributed by atoms with E-state index in [0.29, 0.717) is 11.1 Å². The van der Waals surface area contributed by atoms with E-state index in [1.54, 1.807) is 52.0 Å². The van der Waals surface area contributed by atoms with E-state index in [1.807, 2.05) is 38.1 Å². The quantitative estimate of drug-likeness (QED) is 0.211. The highest BCUT2D eigenvalue weighted by Gasteiger charge is 2.50. The molecule has 2 rings (SSSR count). The van der Waals surface area contributed by atoms with Gasteiger partial charge < -0.3 is 18.9 Å². The molecule has 2 atom stereocenters. The number of aryl methyl sites for hydroxylation is 2. The first-order valence-electron chi connectivity index (χ1n) is 13.0. The van der Waals surface area contributed by atoms with E-state index in [0.717, 1.165) is 11.1 Å². The second kappa shape index (κ2) is 14.9. The summed E-state index contributed by atoms with van der Waals surface area (Å²) in [5.74, 6) is -8.18. The molecule has 0 aliphatic heterocycles. The van der Waals surface area contributed by atoms with E-state index in [9.17, 15) is 19.2 Å². The Labute approximate surface area is 224 Å². The maximum atomic E-state index is 13.4. The fraction of sp³-hybridized carbons (Fsp3) is 0.467. The van der Waals surface area contributed by atoms with Gasteiger partial charge in [-0.3, -0.25) is 19.2 Å². The maximum absolute atomic E-state index is 13.4. The van der Waals surface area contributed by atoms with Crippen LogP contribution in [0.4, 0.5) is 0 Å². The Morgan fingerprint density at radius 1 is 0.500 bits per heavy atom. The van der Waals surface area contributed by atoms with Crippen molar-refractivity contribution in [2.24, 2.45) is 11.8 Å². The standard InChI is InChI=1S/C30H38O8/c1-7-35-27(31)25(28(32)36-8-2)23(21-15-11-19(5)12-16-21)24(22-17-13-20(6)14-18-22)26(29(33)37-9-3)30(34)38-10-4/h11-18,23-26H,7-10H2,1-6H3/t23-,24+. The predicted octanol–water partition coefficient (Wildman–Crippen LogP) is 4.66. The molecule has 0 amide bonds. The van der Waals surface area contributed by atoms with Crippen LogP contribution < -0.4 is 0 Å². The Bertz CT molecular complexity index is 951. The van der Waals surface area contributed by atoms with E-state index >= 15 is 0 Å².